The molecule has 0 fully saturated rings. The maximum Gasteiger partial charge on any atom is 0.253 e. The predicted octanol–water partition coefficient (Wildman–Crippen LogP) is 2.63. The number of rotatable bonds is 6. The summed E-state index contributed by atoms with van der Waals surface area (Å²) in [5, 5.41) is 3.05. The van der Waals surface area contributed by atoms with Gasteiger partial charge in [-0.15, -0.1) is 0 Å². The number of hydrogen-bond acceptors (Lipinski definition) is 3. The van der Waals surface area contributed by atoms with Crippen molar-refractivity contribution in [2.75, 3.05) is 11.0 Å². The number of halogens is 1. The summed E-state index contributed by atoms with van der Waals surface area (Å²) in [7, 11) is -3.36. The standard InChI is InChI=1S/C13H19ClN2O3S/c1-4-5-9(2)15-13(17)11-7-6-10(8-12(11)14)16-20(3,18)19/h6-9,16H,4-5H2,1-3H3,(H,15,17)/t9-/m1/s1. The van der Waals surface area contributed by atoms with Crippen LogP contribution in [0.1, 0.15) is 37.0 Å². The van der Waals surface area contributed by atoms with Gasteiger partial charge in [-0.1, -0.05) is 24.9 Å². The second-order valence-electron chi connectivity index (χ2n) is 4.73. The van der Waals surface area contributed by atoms with E-state index in [4.69, 9.17) is 11.6 Å². The minimum absolute atomic E-state index is 0.0670. The number of nitrogens with one attached hydrogen (secondary N) is 2. The molecule has 0 aliphatic carbocycles. The van der Waals surface area contributed by atoms with Crippen molar-refractivity contribution in [1.82, 2.24) is 5.32 Å². The first-order valence-electron chi connectivity index (χ1n) is 6.31. The lowest BCUT2D eigenvalue weighted by atomic mass is 10.1. The summed E-state index contributed by atoms with van der Waals surface area (Å²) in [5.41, 5.74) is 0.657. The zero-order valence-electron chi connectivity index (χ0n) is 11.7. The van der Waals surface area contributed by atoms with Gasteiger partial charge in [-0.25, -0.2) is 8.42 Å². The largest absolute Gasteiger partial charge is 0.350 e. The van der Waals surface area contributed by atoms with Gasteiger partial charge in [-0.2, -0.15) is 0 Å². The fourth-order valence-corrected chi connectivity index (χ4v) is 2.61. The van der Waals surface area contributed by atoms with E-state index in [1.165, 1.54) is 18.2 Å². The number of hydrogen-bond donors (Lipinski definition) is 2. The van der Waals surface area contributed by atoms with Crippen LogP contribution in [0.15, 0.2) is 18.2 Å². The van der Waals surface area contributed by atoms with Gasteiger partial charge in [0.2, 0.25) is 10.0 Å². The van der Waals surface area contributed by atoms with E-state index in [-0.39, 0.29) is 17.0 Å². The second-order valence-corrected chi connectivity index (χ2v) is 6.89. The molecule has 112 valence electrons. The molecular weight excluding hydrogens is 300 g/mol. The number of benzene rings is 1. The Morgan fingerprint density at radius 1 is 1.40 bits per heavy atom. The molecule has 5 nitrogen and oxygen atoms in total. The van der Waals surface area contributed by atoms with Crippen LogP contribution in [0.2, 0.25) is 5.02 Å². The van der Waals surface area contributed by atoms with Crippen LogP contribution in [0, 0.1) is 0 Å². The average Bonchev–Trinajstić information content (AvgIpc) is 2.26. The molecule has 0 heterocycles. The first kappa shape index (κ1) is 16.8. The summed E-state index contributed by atoms with van der Waals surface area (Å²) in [4.78, 5) is 12.0. The Morgan fingerprint density at radius 3 is 2.55 bits per heavy atom. The molecule has 0 unspecified atom stereocenters. The Balaban J connectivity index is 2.85. The van der Waals surface area contributed by atoms with E-state index in [9.17, 15) is 13.2 Å². The molecule has 0 saturated carbocycles. The Labute approximate surface area is 124 Å². The van der Waals surface area contributed by atoms with Gasteiger partial charge in [0.05, 0.1) is 16.8 Å². The van der Waals surface area contributed by atoms with Crippen LogP contribution in [0.25, 0.3) is 0 Å². The van der Waals surface area contributed by atoms with Crippen molar-refractivity contribution in [3.63, 3.8) is 0 Å². The van der Waals surface area contributed by atoms with Crippen molar-refractivity contribution in [2.45, 2.75) is 32.7 Å². The number of carbonyl (C=O) groups is 1. The quantitative estimate of drug-likeness (QED) is 0.846. The third-order valence-corrected chi connectivity index (χ3v) is 3.54. The van der Waals surface area contributed by atoms with Gasteiger partial charge in [0, 0.05) is 11.7 Å². The topological polar surface area (TPSA) is 75.3 Å². The zero-order chi connectivity index (χ0) is 15.3. The smallest absolute Gasteiger partial charge is 0.253 e. The lowest BCUT2D eigenvalue weighted by Crippen LogP contribution is -2.32. The molecule has 0 saturated heterocycles. The van der Waals surface area contributed by atoms with E-state index in [0.717, 1.165) is 19.1 Å². The van der Waals surface area contributed by atoms with Crippen molar-refractivity contribution in [1.29, 1.82) is 0 Å². The maximum absolute atomic E-state index is 12.0. The highest BCUT2D eigenvalue weighted by Crippen LogP contribution is 2.21. The van der Waals surface area contributed by atoms with Crippen molar-refractivity contribution >= 4 is 33.2 Å². The Kier molecular flexibility index (Phi) is 5.83. The van der Waals surface area contributed by atoms with Gasteiger partial charge in [0.15, 0.2) is 0 Å². The molecule has 20 heavy (non-hydrogen) atoms. The molecule has 7 heteroatoms. The van der Waals surface area contributed by atoms with Crippen LogP contribution in [-0.4, -0.2) is 26.6 Å². The molecule has 0 radical (unpaired) electrons. The first-order valence-corrected chi connectivity index (χ1v) is 8.58. The molecule has 1 aromatic carbocycles. The lowest BCUT2D eigenvalue weighted by Gasteiger charge is -2.14. The van der Waals surface area contributed by atoms with Crippen LogP contribution in [0.3, 0.4) is 0 Å². The van der Waals surface area contributed by atoms with Crippen LogP contribution < -0.4 is 10.0 Å². The SMILES string of the molecule is CCC[C@@H](C)NC(=O)c1ccc(NS(C)(=O)=O)cc1Cl. The highest BCUT2D eigenvalue weighted by atomic mass is 35.5. The molecule has 2 N–H and O–H groups in total. The van der Waals surface area contributed by atoms with Crippen molar-refractivity contribution in [2.24, 2.45) is 0 Å². The van der Waals surface area contributed by atoms with Gasteiger partial charge in [0.25, 0.3) is 5.91 Å². The molecule has 1 rings (SSSR count). The van der Waals surface area contributed by atoms with Gasteiger partial charge in [-0.05, 0) is 31.5 Å². The highest BCUT2D eigenvalue weighted by Gasteiger charge is 2.14. The number of amides is 1. The van der Waals surface area contributed by atoms with Gasteiger partial charge in [-0.3, -0.25) is 9.52 Å². The van der Waals surface area contributed by atoms with E-state index in [2.05, 4.69) is 10.0 Å². The molecule has 0 spiro atoms. The van der Waals surface area contributed by atoms with Crippen molar-refractivity contribution in [3.05, 3.63) is 28.8 Å². The Morgan fingerprint density at radius 2 is 2.05 bits per heavy atom. The van der Waals surface area contributed by atoms with Crippen LogP contribution in [0.5, 0.6) is 0 Å². The average molecular weight is 319 g/mol. The molecular formula is C13H19ClN2O3S. The normalized spacial score (nSPS) is 12.8. The van der Waals surface area contributed by atoms with Crippen LogP contribution >= 0.6 is 11.6 Å². The molecule has 0 aromatic heterocycles. The zero-order valence-corrected chi connectivity index (χ0v) is 13.3. The molecule has 0 aliphatic rings. The van der Waals surface area contributed by atoms with Crippen molar-refractivity contribution < 1.29 is 13.2 Å². The fourth-order valence-electron chi connectivity index (χ4n) is 1.78. The van der Waals surface area contributed by atoms with Gasteiger partial charge < -0.3 is 5.32 Å². The Hall–Kier alpha value is -1.27. The number of sulfonamides is 1. The second kappa shape index (κ2) is 6.95. The van der Waals surface area contributed by atoms with E-state index < -0.39 is 10.0 Å². The summed E-state index contributed by atoms with van der Waals surface area (Å²) < 4.78 is 24.5. The molecule has 1 amide bonds. The maximum atomic E-state index is 12.0. The Bertz CT molecular complexity index is 587. The summed E-state index contributed by atoms with van der Waals surface area (Å²) in [6, 6.07) is 4.50. The van der Waals surface area contributed by atoms with Gasteiger partial charge >= 0.3 is 0 Å². The predicted molar refractivity (Wildman–Crippen MR) is 81.8 cm³/mol. The van der Waals surface area contributed by atoms with E-state index in [1.807, 2.05) is 13.8 Å². The van der Waals surface area contributed by atoms with E-state index in [0.29, 0.717) is 11.3 Å². The molecule has 1 atom stereocenters. The van der Waals surface area contributed by atoms with Crippen molar-refractivity contribution in [3.8, 4) is 0 Å². The summed E-state index contributed by atoms with van der Waals surface area (Å²) in [6.45, 7) is 3.97. The lowest BCUT2D eigenvalue weighted by molar-refractivity contribution is 0.0938. The minimum Gasteiger partial charge on any atom is -0.350 e. The monoisotopic (exact) mass is 318 g/mol. The highest BCUT2D eigenvalue weighted by molar-refractivity contribution is 7.92. The summed E-state index contributed by atoms with van der Waals surface area (Å²) in [6.07, 6.45) is 2.91. The van der Waals surface area contributed by atoms with E-state index in [1.54, 1.807) is 0 Å². The molecule has 1 aromatic rings. The molecule has 0 bridgehead atoms. The fraction of sp³-hybridized carbons (Fsp3) is 0.462. The number of carbonyl (C=O) groups excluding carboxylic acids is 1. The molecule has 0 aliphatic heterocycles. The third-order valence-electron chi connectivity index (χ3n) is 2.62. The van der Waals surface area contributed by atoms with Crippen LogP contribution in [-0.2, 0) is 10.0 Å². The first-order chi connectivity index (χ1) is 9.23. The van der Waals surface area contributed by atoms with E-state index >= 15 is 0 Å². The summed E-state index contributed by atoms with van der Waals surface area (Å²) >= 11 is 6.02. The van der Waals surface area contributed by atoms with Crippen LogP contribution in [0.4, 0.5) is 5.69 Å². The minimum atomic E-state index is -3.36. The third kappa shape index (κ3) is 5.38. The summed E-state index contributed by atoms with van der Waals surface area (Å²) in [5.74, 6) is -0.262. The number of anilines is 1. The van der Waals surface area contributed by atoms with Gasteiger partial charge in [0.1, 0.15) is 0 Å².